The van der Waals surface area contributed by atoms with Gasteiger partial charge in [0.25, 0.3) is 0 Å². The Morgan fingerprint density at radius 3 is 2.80 bits per heavy atom. The molecule has 3 N–H and O–H groups in total. The highest BCUT2D eigenvalue weighted by atomic mass is 35.5. The fourth-order valence-electron chi connectivity index (χ4n) is 1.65. The van der Waals surface area contributed by atoms with E-state index in [1.165, 1.54) is 0 Å². The second kappa shape index (κ2) is 6.63. The van der Waals surface area contributed by atoms with Crippen LogP contribution in [-0.2, 0) is 5.75 Å². The standard InChI is InChI=1S/C14H14ClN3OS/c1-19-12-6-9(2-4-11(12)14(16)17)8-20-13-5-3-10(15)7-18-13/h2-7H,8H2,1H3,(H3,16,17). The van der Waals surface area contributed by atoms with Crippen LogP contribution in [0.1, 0.15) is 11.1 Å². The average Bonchev–Trinajstić information content (AvgIpc) is 2.46. The second-order valence-electron chi connectivity index (χ2n) is 4.05. The summed E-state index contributed by atoms with van der Waals surface area (Å²) in [6.45, 7) is 0. The Labute approximate surface area is 126 Å². The van der Waals surface area contributed by atoms with Crippen molar-refractivity contribution in [2.24, 2.45) is 5.73 Å². The topological polar surface area (TPSA) is 72.0 Å². The molecular formula is C14H14ClN3OS. The summed E-state index contributed by atoms with van der Waals surface area (Å²) in [6.07, 6.45) is 1.63. The number of nitrogens with one attached hydrogen (secondary N) is 1. The summed E-state index contributed by atoms with van der Waals surface area (Å²) >= 11 is 7.40. The summed E-state index contributed by atoms with van der Waals surface area (Å²) in [6, 6.07) is 9.32. The van der Waals surface area contributed by atoms with Crippen LogP contribution in [0.15, 0.2) is 41.6 Å². The number of methoxy groups -OCH3 is 1. The van der Waals surface area contributed by atoms with Crippen LogP contribution in [0, 0.1) is 5.41 Å². The van der Waals surface area contributed by atoms with Crippen LogP contribution in [-0.4, -0.2) is 17.9 Å². The van der Waals surface area contributed by atoms with E-state index >= 15 is 0 Å². The smallest absolute Gasteiger partial charge is 0.130 e. The minimum Gasteiger partial charge on any atom is -0.496 e. The fourth-order valence-corrected chi connectivity index (χ4v) is 2.55. The Kier molecular flexibility index (Phi) is 4.87. The maximum Gasteiger partial charge on any atom is 0.130 e. The van der Waals surface area contributed by atoms with Gasteiger partial charge in [-0.05, 0) is 29.8 Å². The van der Waals surface area contributed by atoms with Gasteiger partial charge in [-0.2, -0.15) is 0 Å². The number of thioether (sulfide) groups is 1. The van der Waals surface area contributed by atoms with Crippen LogP contribution in [0.2, 0.25) is 5.02 Å². The van der Waals surface area contributed by atoms with Gasteiger partial charge in [-0.15, -0.1) is 11.8 Å². The number of amidine groups is 1. The maximum atomic E-state index is 7.48. The van der Waals surface area contributed by atoms with Crippen molar-refractivity contribution in [1.82, 2.24) is 4.98 Å². The summed E-state index contributed by atoms with van der Waals surface area (Å²) in [4.78, 5) is 4.23. The normalized spacial score (nSPS) is 10.3. The molecule has 0 fully saturated rings. The third-order valence-electron chi connectivity index (χ3n) is 2.64. The Bertz CT molecular complexity index is 616. The molecule has 1 aromatic carbocycles. The van der Waals surface area contributed by atoms with Crippen molar-refractivity contribution in [2.75, 3.05) is 7.11 Å². The first kappa shape index (κ1) is 14.7. The first-order valence-electron chi connectivity index (χ1n) is 5.86. The monoisotopic (exact) mass is 307 g/mol. The molecule has 20 heavy (non-hydrogen) atoms. The van der Waals surface area contributed by atoms with E-state index in [1.807, 2.05) is 24.3 Å². The number of aromatic nitrogens is 1. The van der Waals surface area contributed by atoms with Crippen molar-refractivity contribution in [3.63, 3.8) is 0 Å². The average molecular weight is 308 g/mol. The molecule has 0 amide bonds. The molecule has 2 rings (SSSR count). The second-order valence-corrected chi connectivity index (χ2v) is 5.48. The van der Waals surface area contributed by atoms with Gasteiger partial charge in [-0.25, -0.2) is 4.98 Å². The van der Waals surface area contributed by atoms with Crippen molar-refractivity contribution in [1.29, 1.82) is 5.41 Å². The van der Waals surface area contributed by atoms with E-state index in [0.717, 1.165) is 16.3 Å². The van der Waals surface area contributed by atoms with Crippen LogP contribution in [0.4, 0.5) is 0 Å². The highest BCUT2D eigenvalue weighted by Gasteiger charge is 2.07. The number of nitrogens with zero attached hydrogens (tertiary/aromatic N) is 1. The van der Waals surface area contributed by atoms with Gasteiger partial charge in [-0.3, -0.25) is 5.41 Å². The summed E-state index contributed by atoms with van der Waals surface area (Å²) in [7, 11) is 1.57. The molecule has 0 spiro atoms. The number of ether oxygens (including phenoxy) is 1. The van der Waals surface area contributed by atoms with E-state index < -0.39 is 0 Å². The van der Waals surface area contributed by atoms with E-state index in [2.05, 4.69) is 4.98 Å². The predicted molar refractivity (Wildman–Crippen MR) is 82.8 cm³/mol. The van der Waals surface area contributed by atoms with Gasteiger partial charge >= 0.3 is 0 Å². The van der Waals surface area contributed by atoms with Crippen LogP contribution < -0.4 is 10.5 Å². The Hall–Kier alpha value is -1.72. The SMILES string of the molecule is COc1cc(CSc2ccc(Cl)cn2)ccc1C(=N)N. The Morgan fingerprint density at radius 2 is 2.20 bits per heavy atom. The number of hydrogen-bond acceptors (Lipinski definition) is 4. The van der Waals surface area contributed by atoms with Crippen molar-refractivity contribution in [2.45, 2.75) is 10.8 Å². The number of halogens is 1. The van der Waals surface area contributed by atoms with Crippen molar-refractivity contribution in [3.8, 4) is 5.75 Å². The van der Waals surface area contributed by atoms with E-state index in [9.17, 15) is 0 Å². The lowest BCUT2D eigenvalue weighted by atomic mass is 10.1. The molecule has 0 saturated heterocycles. The van der Waals surface area contributed by atoms with Crippen molar-refractivity contribution < 1.29 is 4.74 Å². The van der Waals surface area contributed by atoms with Gasteiger partial charge in [-0.1, -0.05) is 17.7 Å². The van der Waals surface area contributed by atoms with E-state index in [-0.39, 0.29) is 5.84 Å². The third-order valence-corrected chi connectivity index (χ3v) is 3.88. The summed E-state index contributed by atoms with van der Waals surface area (Å²) < 4.78 is 5.25. The highest BCUT2D eigenvalue weighted by molar-refractivity contribution is 7.98. The number of hydrogen-bond donors (Lipinski definition) is 2. The molecule has 0 saturated carbocycles. The predicted octanol–water partition coefficient (Wildman–Crippen LogP) is 3.32. The first-order valence-corrected chi connectivity index (χ1v) is 7.22. The molecule has 0 aliphatic carbocycles. The number of nitrogens with two attached hydrogens (primary N) is 1. The number of nitrogen functional groups attached to an aromatic ring is 1. The molecule has 0 unspecified atom stereocenters. The minimum absolute atomic E-state index is 0.000390. The van der Waals surface area contributed by atoms with E-state index in [4.69, 9.17) is 27.5 Å². The largest absolute Gasteiger partial charge is 0.496 e. The molecule has 0 aliphatic rings. The molecule has 2 aromatic rings. The van der Waals surface area contributed by atoms with Crippen molar-refractivity contribution >= 4 is 29.2 Å². The lowest BCUT2D eigenvalue weighted by Gasteiger charge is -2.09. The van der Waals surface area contributed by atoms with E-state index in [1.54, 1.807) is 31.1 Å². The van der Waals surface area contributed by atoms with Gasteiger partial charge in [0.15, 0.2) is 0 Å². The zero-order valence-electron chi connectivity index (χ0n) is 10.9. The lowest BCUT2D eigenvalue weighted by molar-refractivity contribution is 0.413. The molecule has 104 valence electrons. The van der Waals surface area contributed by atoms with Gasteiger partial charge in [0.2, 0.25) is 0 Å². The third kappa shape index (κ3) is 3.65. The number of benzene rings is 1. The number of pyridine rings is 1. The quantitative estimate of drug-likeness (QED) is 0.505. The molecule has 0 bridgehead atoms. The molecule has 1 heterocycles. The summed E-state index contributed by atoms with van der Waals surface area (Å²) in [5.74, 6) is 1.36. The Balaban J connectivity index is 2.10. The molecule has 0 atom stereocenters. The Morgan fingerprint density at radius 1 is 1.40 bits per heavy atom. The zero-order chi connectivity index (χ0) is 14.5. The first-order chi connectivity index (χ1) is 9.60. The van der Waals surface area contributed by atoms with E-state index in [0.29, 0.717) is 16.3 Å². The minimum atomic E-state index is 0.000390. The molecule has 6 heteroatoms. The summed E-state index contributed by atoms with van der Waals surface area (Å²) in [5.41, 5.74) is 7.18. The summed E-state index contributed by atoms with van der Waals surface area (Å²) in [5, 5.41) is 9.01. The van der Waals surface area contributed by atoms with Gasteiger partial charge in [0.05, 0.1) is 22.7 Å². The molecule has 0 aliphatic heterocycles. The van der Waals surface area contributed by atoms with Crippen LogP contribution in [0.5, 0.6) is 5.75 Å². The fraction of sp³-hybridized carbons (Fsp3) is 0.143. The van der Waals surface area contributed by atoms with Gasteiger partial charge < -0.3 is 10.5 Å². The van der Waals surface area contributed by atoms with Crippen molar-refractivity contribution in [3.05, 3.63) is 52.7 Å². The van der Waals surface area contributed by atoms with Crippen LogP contribution >= 0.6 is 23.4 Å². The zero-order valence-corrected chi connectivity index (χ0v) is 12.5. The number of rotatable bonds is 5. The molecule has 0 radical (unpaired) electrons. The maximum absolute atomic E-state index is 7.48. The molecule has 4 nitrogen and oxygen atoms in total. The van der Waals surface area contributed by atoms with Crippen LogP contribution in [0.25, 0.3) is 0 Å². The van der Waals surface area contributed by atoms with Crippen LogP contribution in [0.3, 0.4) is 0 Å². The molecule has 1 aromatic heterocycles. The van der Waals surface area contributed by atoms with Gasteiger partial charge in [0.1, 0.15) is 11.6 Å². The highest BCUT2D eigenvalue weighted by Crippen LogP contribution is 2.26. The molecular weight excluding hydrogens is 294 g/mol. The van der Waals surface area contributed by atoms with Gasteiger partial charge in [0, 0.05) is 11.9 Å². The lowest BCUT2D eigenvalue weighted by Crippen LogP contribution is -2.12.